The minimum Gasteiger partial charge on any atom is -0.508 e. The number of nitrogens with zero attached hydrogens (tertiary/aromatic N) is 4. The first-order chi connectivity index (χ1) is 33.6. The average molecular weight is 1010 g/mol. The SMILES string of the molecule is Cc1cc(-c2cc3c(=O)c(S(=O)(=O)CC4COC4)c[nH]c3nc2-c2ccc(Cc3cc(-c4cc5c(=O)cc(S(=O)(=O)CCc6ccc(O)cc6)[nH]c5nc4-c4ccccc4)cc(Cl)n3)cc2)cc(Cl)n1. The molecule has 0 saturated carbocycles. The molecular weight excluding hydrogens is 972 g/mol. The molecule has 3 aromatic carbocycles. The molecule has 1 aliphatic rings. The molecule has 1 fully saturated rings. The summed E-state index contributed by atoms with van der Waals surface area (Å²) in [7, 11) is -7.87. The quantitative estimate of drug-likeness (QED) is 0.0923. The van der Waals surface area contributed by atoms with Crippen LogP contribution in [0.4, 0.5) is 0 Å². The zero-order chi connectivity index (χ0) is 48.9. The van der Waals surface area contributed by atoms with E-state index < -0.39 is 30.5 Å². The Balaban J connectivity index is 0.989. The van der Waals surface area contributed by atoms with Crippen molar-refractivity contribution < 1.29 is 26.7 Å². The van der Waals surface area contributed by atoms with Crippen LogP contribution >= 0.6 is 23.2 Å². The topological polar surface area (TPSA) is 215 Å². The molecule has 18 heteroatoms. The number of fused-ring (bicyclic) bond motifs is 2. The lowest BCUT2D eigenvalue weighted by Crippen LogP contribution is -2.35. The summed E-state index contributed by atoms with van der Waals surface area (Å²) < 4.78 is 59.0. The van der Waals surface area contributed by atoms with E-state index >= 15 is 0 Å². The van der Waals surface area contributed by atoms with Crippen molar-refractivity contribution in [2.24, 2.45) is 5.92 Å². The van der Waals surface area contributed by atoms with Crippen molar-refractivity contribution in [3.63, 3.8) is 0 Å². The third kappa shape index (κ3) is 9.60. The highest BCUT2D eigenvalue weighted by Gasteiger charge is 2.30. The highest BCUT2D eigenvalue weighted by Crippen LogP contribution is 2.37. The van der Waals surface area contributed by atoms with Crippen molar-refractivity contribution in [3.05, 3.63) is 181 Å². The summed E-state index contributed by atoms with van der Waals surface area (Å²) in [5.41, 5.74) is 6.71. The Bertz CT molecular complexity index is 3870. The lowest BCUT2D eigenvalue weighted by atomic mass is 9.96. The second-order valence-electron chi connectivity index (χ2n) is 17.2. The van der Waals surface area contributed by atoms with Gasteiger partial charge in [-0.25, -0.2) is 36.8 Å². The number of sulfone groups is 2. The molecule has 10 rings (SSSR count). The number of hydrogen-bond acceptors (Lipinski definition) is 12. The maximum atomic E-state index is 13.9. The fourth-order valence-corrected chi connectivity index (χ4v) is 11.9. The van der Waals surface area contributed by atoms with Gasteiger partial charge in [0.2, 0.25) is 5.43 Å². The predicted molar refractivity (Wildman–Crippen MR) is 270 cm³/mol. The molecule has 0 aliphatic carbocycles. The maximum absolute atomic E-state index is 13.9. The standard InChI is InChI=1S/C52H40Cl2N6O8S2/c1-29-17-35(20-45(53)56-29)40-23-42-50(63)44(70(66,67)28-32-26-68-27-32)25-55-51(42)59-49(40)34-11-7-31(8-12-34)18-37-19-36(21-46(54)57-37)39-22-41-43(62)24-47(58-52(41)60-48(39)33-5-3-2-4-6-33)69(64,65)16-15-30-9-13-38(61)14-10-30/h2-14,17,19-25,32,61H,15-16,18,26-28H2,1H3,(H,55,59,63)(H,58,60,62). The van der Waals surface area contributed by atoms with Crippen molar-refractivity contribution >= 4 is 64.9 Å². The fraction of sp³-hybridized carbons (Fsp3) is 0.154. The minimum absolute atomic E-state index is 0.0725. The molecule has 0 unspecified atom stereocenters. The summed E-state index contributed by atoms with van der Waals surface area (Å²) in [5.74, 6) is -0.581. The summed E-state index contributed by atoms with van der Waals surface area (Å²) in [5, 5.41) is 10.1. The molecular formula is C52H40Cl2N6O8S2. The highest BCUT2D eigenvalue weighted by atomic mass is 35.5. The van der Waals surface area contributed by atoms with E-state index in [0.29, 0.717) is 81.4 Å². The van der Waals surface area contributed by atoms with Gasteiger partial charge in [-0.3, -0.25) is 9.59 Å². The summed E-state index contributed by atoms with van der Waals surface area (Å²) in [4.78, 5) is 51.9. The number of benzene rings is 3. The van der Waals surface area contributed by atoms with Crippen molar-refractivity contribution in [1.82, 2.24) is 29.9 Å². The van der Waals surface area contributed by atoms with Crippen LogP contribution in [0.2, 0.25) is 10.3 Å². The Labute approximate surface area is 410 Å². The number of rotatable bonds is 13. The zero-order valence-corrected chi connectivity index (χ0v) is 40.3. The number of nitrogens with one attached hydrogen (secondary N) is 2. The summed E-state index contributed by atoms with van der Waals surface area (Å²) in [6.45, 7) is 2.44. The number of phenols is 1. The molecule has 0 amide bonds. The number of phenolic OH excluding ortho intramolecular Hbond substituents is 1. The van der Waals surface area contributed by atoms with Gasteiger partial charge in [0.05, 0.1) is 46.9 Å². The Kier molecular flexibility index (Phi) is 12.4. The monoisotopic (exact) mass is 1010 g/mol. The number of H-pyrrole nitrogens is 2. The molecule has 70 heavy (non-hydrogen) atoms. The number of aryl methyl sites for hydroxylation is 2. The first-order valence-corrected chi connectivity index (χ1v) is 26.0. The third-order valence-electron chi connectivity index (χ3n) is 12.1. The number of aromatic amines is 2. The van der Waals surface area contributed by atoms with E-state index in [2.05, 4.69) is 19.9 Å². The summed E-state index contributed by atoms with van der Waals surface area (Å²) >= 11 is 13.2. The van der Waals surface area contributed by atoms with Crippen LogP contribution in [0.5, 0.6) is 5.75 Å². The number of halogens is 2. The molecule has 7 heterocycles. The average Bonchev–Trinajstić information content (AvgIpc) is 3.32. The van der Waals surface area contributed by atoms with Gasteiger partial charge in [-0.15, -0.1) is 0 Å². The minimum atomic E-state index is -3.95. The summed E-state index contributed by atoms with van der Waals surface area (Å²) in [6, 6.07) is 34.6. The molecule has 1 saturated heterocycles. The van der Waals surface area contributed by atoms with E-state index in [1.54, 1.807) is 43.3 Å². The number of pyridine rings is 6. The smallest absolute Gasteiger partial charge is 0.209 e. The molecule has 0 bridgehead atoms. The van der Waals surface area contributed by atoms with Gasteiger partial charge in [-0.1, -0.05) is 89.9 Å². The number of ether oxygens (including phenoxy) is 1. The maximum Gasteiger partial charge on any atom is 0.209 e. The molecule has 352 valence electrons. The Morgan fingerprint density at radius 2 is 1.30 bits per heavy atom. The second kappa shape index (κ2) is 18.7. The molecule has 0 atom stereocenters. The number of aromatic hydroxyl groups is 1. The highest BCUT2D eigenvalue weighted by molar-refractivity contribution is 7.91. The lowest BCUT2D eigenvalue weighted by Gasteiger charge is -2.25. The van der Waals surface area contributed by atoms with E-state index in [-0.39, 0.29) is 71.9 Å². The van der Waals surface area contributed by atoms with E-state index in [0.717, 1.165) is 11.6 Å². The molecule has 9 aromatic rings. The van der Waals surface area contributed by atoms with Gasteiger partial charge in [0.15, 0.2) is 25.1 Å². The van der Waals surface area contributed by atoms with Crippen LogP contribution in [-0.4, -0.2) is 76.6 Å². The van der Waals surface area contributed by atoms with Gasteiger partial charge in [-0.05, 0) is 84.1 Å². The van der Waals surface area contributed by atoms with Crippen molar-refractivity contribution in [2.75, 3.05) is 24.7 Å². The van der Waals surface area contributed by atoms with Crippen molar-refractivity contribution in [2.45, 2.75) is 29.7 Å². The molecule has 0 spiro atoms. The lowest BCUT2D eigenvalue weighted by molar-refractivity contribution is -0.0204. The largest absolute Gasteiger partial charge is 0.508 e. The molecule has 1 aliphatic heterocycles. The van der Waals surface area contributed by atoms with Crippen LogP contribution in [-0.2, 0) is 37.3 Å². The van der Waals surface area contributed by atoms with Gasteiger partial charge in [-0.2, -0.15) is 0 Å². The Hall–Kier alpha value is -7.08. The summed E-state index contributed by atoms with van der Waals surface area (Å²) in [6.07, 6.45) is 1.72. The van der Waals surface area contributed by atoms with Gasteiger partial charge in [0.1, 0.15) is 37.3 Å². The molecule has 6 aromatic heterocycles. The Morgan fingerprint density at radius 1 is 0.671 bits per heavy atom. The number of hydrogen-bond donors (Lipinski definition) is 3. The van der Waals surface area contributed by atoms with Crippen LogP contribution in [0.3, 0.4) is 0 Å². The normalized spacial score (nSPS) is 13.2. The van der Waals surface area contributed by atoms with Crippen LogP contribution in [0.15, 0.2) is 147 Å². The van der Waals surface area contributed by atoms with Crippen LogP contribution in [0, 0.1) is 12.8 Å². The van der Waals surface area contributed by atoms with Gasteiger partial charge >= 0.3 is 0 Å². The van der Waals surface area contributed by atoms with Gasteiger partial charge in [0, 0.05) is 58.2 Å². The fourth-order valence-electron chi connectivity index (χ4n) is 8.53. The van der Waals surface area contributed by atoms with E-state index in [9.17, 15) is 31.5 Å². The Morgan fingerprint density at radius 3 is 1.97 bits per heavy atom. The van der Waals surface area contributed by atoms with Crippen molar-refractivity contribution in [1.29, 1.82) is 0 Å². The molecule has 0 radical (unpaired) electrons. The van der Waals surface area contributed by atoms with E-state index in [4.69, 9.17) is 37.9 Å². The number of aromatic nitrogens is 6. The zero-order valence-electron chi connectivity index (χ0n) is 37.1. The molecule has 14 nitrogen and oxygen atoms in total. The van der Waals surface area contributed by atoms with Crippen LogP contribution in [0.25, 0.3) is 66.8 Å². The van der Waals surface area contributed by atoms with Gasteiger partial charge < -0.3 is 19.8 Å². The molecule has 3 N–H and O–H groups in total. The predicted octanol–water partition coefficient (Wildman–Crippen LogP) is 8.97. The first-order valence-electron chi connectivity index (χ1n) is 22.0. The van der Waals surface area contributed by atoms with E-state index in [1.165, 1.54) is 18.3 Å². The van der Waals surface area contributed by atoms with Crippen molar-refractivity contribution in [3.8, 4) is 50.5 Å². The first kappa shape index (κ1) is 46.6. The van der Waals surface area contributed by atoms with Crippen LogP contribution in [0.1, 0.15) is 22.5 Å². The third-order valence-corrected chi connectivity index (χ3v) is 16.0. The second-order valence-corrected chi connectivity index (χ2v) is 22.0. The van der Waals surface area contributed by atoms with E-state index in [1.807, 2.05) is 66.7 Å². The van der Waals surface area contributed by atoms with Gasteiger partial charge in [0.25, 0.3) is 0 Å². The van der Waals surface area contributed by atoms with Crippen LogP contribution < -0.4 is 10.9 Å².